The molecule has 0 aliphatic heterocycles. The number of ether oxygens (including phenoxy) is 1. The van der Waals surface area contributed by atoms with Crippen molar-refractivity contribution in [3.05, 3.63) is 59.7 Å². The highest BCUT2D eigenvalue weighted by atomic mass is 16.5. The quantitative estimate of drug-likeness (QED) is 0.303. The third kappa shape index (κ3) is 8.38. The SMILES string of the molecule is CCCCCCCCOc1ccc(C(=O)NN=Cc2ccc(N(C)C)cc2)cc1. The van der Waals surface area contributed by atoms with Crippen LogP contribution in [-0.2, 0) is 0 Å². The van der Waals surface area contributed by atoms with Gasteiger partial charge in [-0.1, -0.05) is 51.2 Å². The Labute approximate surface area is 174 Å². The van der Waals surface area contributed by atoms with Gasteiger partial charge in [-0.05, 0) is 48.4 Å². The van der Waals surface area contributed by atoms with Crippen LogP contribution in [-0.4, -0.2) is 32.8 Å². The monoisotopic (exact) mass is 395 g/mol. The minimum Gasteiger partial charge on any atom is -0.494 e. The molecule has 2 rings (SSSR count). The van der Waals surface area contributed by atoms with Gasteiger partial charge in [-0.15, -0.1) is 0 Å². The standard InChI is InChI=1S/C24H33N3O2/c1-4-5-6-7-8-9-18-29-23-16-12-21(13-17-23)24(28)26-25-19-20-10-14-22(15-11-20)27(2)3/h10-17,19H,4-9,18H2,1-3H3,(H,26,28). The van der Waals surface area contributed by atoms with Gasteiger partial charge >= 0.3 is 0 Å². The summed E-state index contributed by atoms with van der Waals surface area (Å²) < 4.78 is 5.75. The molecule has 2 aromatic carbocycles. The van der Waals surface area contributed by atoms with Crippen molar-refractivity contribution >= 4 is 17.8 Å². The summed E-state index contributed by atoms with van der Waals surface area (Å²) in [6.45, 7) is 2.94. The van der Waals surface area contributed by atoms with Crippen LogP contribution in [0.4, 0.5) is 5.69 Å². The van der Waals surface area contributed by atoms with Crippen molar-refractivity contribution in [2.45, 2.75) is 45.4 Å². The summed E-state index contributed by atoms with van der Waals surface area (Å²) in [5.41, 5.74) is 5.15. The molecule has 0 aromatic heterocycles. The second kappa shape index (κ2) is 12.6. The predicted molar refractivity (Wildman–Crippen MR) is 121 cm³/mol. The lowest BCUT2D eigenvalue weighted by Crippen LogP contribution is -2.17. The summed E-state index contributed by atoms with van der Waals surface area (Å²) in [4.78, 5) is 14.2. The molecule has 5 heteroatoms. The molecule has 0 saturated heterocycles. The first-order valence-electron chi connectivity index (χ1n) is 10.4. The highest BCUT2D eigenvalue weighted by molar-refractivity contribution is 5.95. The largest absolute Gasteiger partial charge is 0.494 e. The number of nitrogens with zero attached hydrogens (tertiary/aromatic N) is 2. The minimum absolute atomic E-state index is 0.242. The Morgan fingerprint density at radius 2 is 1.62 bits per heavy atom. The van der Waals surface area contributed by atoms with E-state index in [2.05, 4.69) is 17.5 Å². The Morgan fingerprint density at radius 3 is 2.28 bits per heavy atom. The van der Waals surface area contributed by atoms with Gasteiger partial charge in [0.15, 0.2) is 0 Å². The molecule has 5 nitrogen and oxygen atoms in total. The number of unbranched alkanes of at least 4 members (excludes halogenated alkanes) is 5. The van der Waals surface area contributed by atoms with E-state index in [0.717, 1.165) is 23.4 Å². The molecule has 0 atom stereocenters. The number of hydrazone groups is 1. The number of rotatable bonds is 12. The molecule has 2 aromatic rings. The highest BCUT2D eigenvalue weighted by Crippen LogP contribution is 2.14. The summed E-state index contributed by atoms with van der Waals surface area (Å²) in [5, 5.41) is 4.04. The van der Waals surface area contributed by atoms with E-state index in [-0.39, 0.29) is 5.91 Å². The second-order valence-corrected chi connectivity index (χ2v) is 7.33. The lowest BCUT2D eigenvalue weighted by Gasteiger charge is -2.11. The van der Waals surface area contributed by atoms with Crippen LogP contribution in [0.25, 0.3) is 0 Å². The molecule has 0 saturated carbocycles. The fourth-order valence-corrected chi connectivity index (χ4v) is 2.86. The number of anilines is 1. The van der Waals surface area contributed by atoms with Crippen molar-refractivity contribution in [1.29, 1.82) is 0 Å². The Balaban J connectivity index is 1.72. The number of hydrogen-bond donors (Lipinski definition) is 1. The molecule has 0 aliphatic rings. The molecule has 0 heterocycles. The van der Waals surface area contributed by atoms with Crippen molar-refractivity contribution in [1.82, 2.24) is 5.43 Å². The number of nitrogens with one attached hydrogen (secondary N) is 1. The van der Waals surface area contributed by atoms with Gasteiger partial charge in [0.2, 0.25) is 0 Å². The number of carbonyl (C=O) groups is 1. The van der Waals surface area contributed by atoms with E-state index < -0.39 is 0 Å². The van der Waals surface area contributed by atoms with Gasteiger partial charge in [0.25, 0.3) is 5.91 Å². The summed E-state index contributed by atoms with van der Waals surface area (Å²) in [6.07, 6.45) is 9.07. The first-order chi connectivity index (χ1) is 14.1. The Kier molecular flexibility index (Phi) is 9.76. The highest BCUT2D eigenvalue weighted by Gasteiger charge is 2.04. The molecule has 0 bridgehead atoms. The van der Waals surface area contributed by atoms with Crippen LogP contribution in [0.5, 0.6) is 5.75 Å². The Hall–Kier alpha value is -2.82. The number of carbonyl (C=O) groups excluding carboxylic acids is 1. The van der Waals surface area contributed by atoms with Crippen molar-refractivity contribution in [3.8, 4) is 5.75 Å². The number of hydrogen-bond acceptors (Lipinski definition) is 4. The van der Waals surface area contributed by atoms with Crippen LogP contribution in [0, 0.1) is 0 Å². The van der Waals surface area contributed by atoms with Gasteiger partial charge in [0, 0.05) is 25.3 Å². The summed E-state index contributed by atoms with van der Waals surface area (Å²) in [7, 11) is 3.99. The third-order valence-corrected chi connectivity index (χ3v) is 4.67. The average molecular weight is 396 g/mol. The maximum atomic E-state index is 12.2. The lowest BCUT2D eigenvalue weighted by molar-refractivity contribution is 0.0955. The third-order valence-electron chi connectivity index (χ3n) is 4.67. The fourth-order valence-electron chi connectivity index (χ4n) is 2.86. The molecular weight excluding hydrogens is 362 g/mol. The Bertz CT molecular complexity index is 753. The van der Waals surface area contributed by atoms with Gasteiger partial charge in [-0.2, -0.15) is 5.10 Å². The van der Waals surface area contributed by atoms with Gasteiger partial charge in [-0.25, -0.2) is 5.43 Å². The second-order valence-electron chi connectivity index (χ2n) is 7.33. The summed E-state index contributed by atoms with van der Waals surface area (Å²) >= 11 is 0. The summed E-state index contributed by atoms with van der Waals surface area (Å²) in [6, 6.07) is 15.1. The van der Waals surface area contributed by atoms with Crippen molar-refractivity contribution in [2.24, 2.45) is 5.10 Å². The van der Waals surface area contributed by atoms with Crippen LogP contribution < -0.4 is 15.1 Å². The molecule has 29 heavy (non-hydrogen) atoms. The molecule has 0 spiro atoms. The first-order valence-corrected chi connectivity index (χ1v) is 10.4. The lowest BCUT2D eigenvalue weighted by atomic mass is 10.1. The zero-order chi connectivity index (χ0) is 20.9. The maximum Gasteiger partial charge on any atom is 0.271 e. The molecular formula is C24H33N3O2. The van der Waals surface area contributed by atoms with Gasteiger partial charge < -0.3 is 9.64 Å². The zero-order valence-electron chi connectivity index (χ0n) is 17.9. The van der Waals surface area contributed by atoms with Crippen molar-refractivity contribution in [3.63, 3.8) is 0 Å². The van der Waals surface area contributed by atoms with Gasteiger partial charge in [0.1, 0.15) is 5.75 Å². The van der Waals surface area contributed by atoms with Crippen LogP contribution in [0.15, 0.2) is 53.6 Å². The summed E-state index contributed by atoms with van der Waals surface area (Å²) in [5.74, 6) is 0.549. The van der Waals surface area contributed by atoms with Crippen LogP contribution >= 0.6 is 0 Å². The zero-order valence-corrected chi connectivity index (χ0v) is 17.9. The van der Waals surface area contributed by atoms with Gasteiger partial charge in [-0.3, -0.25) is 4.79 Å². The molecule has 0 fully saturated rings. The van der Waals surface area contributed by atoms with E-state index in [1.165, 1.54) is 32.1 Å². The fraction of sp³-hybridized carbons (Fsp3) is 0.417. The van der Waals surface area contributed by atoms with E-state index in [1.54, 1.807) is 18.3 Å². The molecule has 0 unspecified atom stereocenters. The number of benzene rings is 2. The van der Waals surface area contributed by atoms with Crippen LogP contribution in [0.1, 0.15) is 61.4 Å². The molecule has 0 aliphatic carbocycles. The van der Waals surface area contributed by atoms with E-state index in [9.17, 15) is 4.79 Å². The molecule has 156 valence electrons. The van der Waals surface area contributed by atoms with E-state index in [1.807, 2.05) is 55.4 Å². The molecule has 1 amide bonds. The van der Waals surface area contributed by atoms with Crippen LogP contribution in [0.3, 0.4) is 0 Å². The van der Waals surface area contributed by atoms with E-state index >= 15 is 0 Å². The molecule has 1 N–H and O–H groups in total. The number of amides is 1. The average Bonchev–Trinajstić information content (AvgIpc) is 2.74. The minimum atomic E-state index is -0.242. The molecule has 0 radical (unpaired) electrons. The topological polar surface area (TPSA) is 53.9 Å². The first kappa shape index (κ1) is 22.5. The van der Waals surface area contributed by atoms with Crippen LogP contribution in [0.2, 0.25) is 0 Å². The van der Waals surface area contributed by atoms with E-state index in [4.69, 9.17) is 4.74 Å². The maximum absolute atomic E-state index is 12.2. The van der Waals surface area contributed by atoms with E-state index in [0.29, 0.717) is 12.2 Å². The Morgan fingerprint density at radius 1 is 0.966 bits per heavy atom. The smallest absolute Gasteiger partial charge is 0.271 e. The normalized spacial score (nSPS) is 10.9. The van der Waals surface area contributed by atoms with Gasteiger partial charge in [0.05, 0.1) is 12.8 Å². The van der Waals surface area contributed by atoms with Crippen molar-refractivity contribution in [2.75, 3.05) is 25.6 Å². The van der Waals surface area contributed by atoms with Crippen molar-refractivity contribution < 1.29 is 9.53 Å². The predicted octanol–water partition coefficient (Wildman–Crippen LogP) is 5.26.